The molecule has 3 unspecified atom stereocenters. The number of fused-ring (bicyclic) bond motifs is 2. The normalized spacial score (nSPS) is 31.6. The molecule has 0 aromatic carbocycles. The van der Waals surface area contributed by atoms with E-state index >= 15 is 0 Å². The van der Waals surface area contributed by atoms with Crippen LogP contribution in [0.1, 0.15) is 57.6 Å². The minimum atomic E-state index is 0.317. The van der Waals surface area contributed by atoms with E-state index in [2.05, 4.69) is 43.1 Å². The van der Waals surface area contributed by atoms with Crippen molar-refractivity contribution in [2.24, 2.45) is 11.8 Å². The quantitative estimate of drug-likeness (QED) is 0.915. The molecule has 2 fully saturated rings. The van der Waals surface area contributed by atoms with E-state index in [-0.39, 0.29) is 0 Å². The van der Waals surface area contributed by atoms with Crippen molar-refractivity contribution < 1.29 is 4.42 Å². The average Bonchev–Trinajstić information content (AvgIpc) is 2.84. The van der Waals surface area contributed by atoms with Crippen molar-refractivity contribution in [2.75, 3.05) is 13.1 Å². The number of piperidine rings is 1. The van der Waals surface area contributed by atoms with Crippen LogP contribution in [0, 0.1) is 18.8 Å². The second kappa shape index (κ2) is 6.13. The van der Waals surface area contributed by atoms with E-state index in [1.165, 1.54) is 32.4 Å². The summed E-state index contributed by atoms with van der Waals surface area (Å²) >= 11 is 0. The largest absolute Gasteiger partial charge is 0.465 e. The van der Waals surface area contributed by atoms with Gasteiger partial charge in [-0.15, -0.1) is 0 Å². The second-order valence-corrected chi connectivity index (χ2v) is 7.36. The summed E-state index contributed by atoms with van der Waals surface area (Å²) in [5, 5.41) is 3.89. The van der Waals surface area contributed by atoms with Crippen LogP contribution in [0.25, 0.3) is 0 Å². The van der Waals surface area contributed by atoms with Gasteiger partial charge in [-0.2, -0.15) is 0 Å². The van der Waals surface area contributed by atoms with Crippen LogP contribution in [0.5, 0.6) is 0 Å². The van der Waals surface area contributed by atoms with Gasteiger partial charge in [0.05, 0.1) is 6.04 Å². The Balaban J connectivity index is 1.68. The molecule has 118 valence electrons. The maximum absolute atomic E-state index is 5.80. The molecule has 2 aliphatic rings. The third-order valence-corrected chi connectivity index (χ3v) is 5.46. The monoisotopic (exact) mass is 290 g/mol. The highest BCUT2D eigenvalue weighted by Crippen LogP contribution is 2.36. The molecular formula is C18H30N2O. The van der Waals surface area contributed by atoms with Crippen LogP contribution in [0.15, 0.2) is 16.5 Å². The molecule has 2 bridgehead atoms. The Labute approximate surface area is 129 Å². The third kappa shape index (κ3) is 3.19. The molecule has 0 amide bonds. The van der Waals surface area contributed by atoms with Crippen LogP contribution in [0.2, 0.25) is 0 Å². The minimum absolute atomic E-state index is 0.317. The van der Waals surface area contributed by atoms with E-state index < -0.39 is 0 Å². The number of furan rings is 1. The molecule has 3 heteroatoms. The summed E-state index contributed by atoms with van der Waals surface area (Å²) in [6.07, 6.45) is 4.16. The lowest BCUT2D eigenvalue weighted by atomic mass is 9.73. The fraction of sp³-hybridized carbons (Fsp3) is 0.778. The van der Waals surface area contributed by atoms with Gasteiger partial charge >= 0.3 is 0 Å². The molecule has 21 heavy (non-hydrogen) atoms. The van der Waals surface area contributed by atoms with Crippen molar-refractivity contribution in [1.82, 2.24) is 10.2 Å². The van der Waals surface area contributed by atoms with Crippen LogP contribution in [0.4, 0.5) is 0 Å². The first-order valence-corrected chi connectivity index (χ1v) is 8.61. The number of likely N-dealkylation sites (tertiary alicyclic amines) is 1. The van der Waals surface area contributed by atoms with Crippen molar-refractivity contribution in [3.8, 4) is 0 Å². The highest BCUT2D eigenvalue weighted by molar-refractivity contribution is 5.10. The molecule has 1 saturated heterocycles. The zero-order valence-electron chi connectivity index (χ0n) is 13.9. The Morgan fingerprint density at radius 3 is 2.33 bits per heavy atom. The Kier molecular flexibility index (Phi) is 4.41. The first-order chi connectivity index (χ1) is 10.0. The number of hydrogen-bond donors (Lipinski definition) is 1. The summed E-state index contributed by atoms with van der Waals surface area (Å²) in [6.45, 7) is 11.4. The molecule has 0 radical (unpaired) electrons. The average molecular weight is 290 g/mol. The van der Waals surface area contributed by atoms with E-state index in [0.29, 0.717) is 18.1 Å². The van der Waals surface area contributed by atoms with E-state index in [4.69, 9.17) is 4.42 Å². The summed E-state index contributed by atoms with van der Waals surface area (Å²) in [5.74, 6) is 3.70. The van der Waals surface area contributed by atoms with Gasteiger partial charge in [0.25, 0.3) is 0 Å². The van der Waals surface area contributed by atoms with Gasteiger partial charge in [0, 0.05) is 25.2 Å². The predicted octanol–water partition coefficient (Wildman–Crippen LogP) is 3.75. The molecule has 3 atom stereocenters. The van der Waals surface area contributed by atoms with Crippen LogP contribution in [-0.2, 0) is 0 Å². The molecule has 1 aromatic rings. The molecule has 1 aromatic heterocycles. The van der Waals surface area contributed by atoms with E-state index in [1.54, 1.807) is 0 Å². The van der Waals surface area contributed by atoms with E-state index in [1.807, 2.05) is 6.92 Å². The third-order valence-electron chi connectivity index (χ3n) is 5.46. The molecule has 3 nitrogen and oxygen atoms in total. The zero-order valence-corrected chi connectivity index (χ0v) is 13.9. The fourth-order valence-electron chi connectivity index (χ4n) is 4.22. The lowest BCUT2D eigenvalue weighted by molar-refractivity contribution is 0.0246. The van der Waals surface area contributed by atoms with Crippen molar-refractivity contribution >= 4 is 0 Å². The Hall–Kier alpha value is -0.800. The molecular weight excluding hydrogens is 260 g/mol. The van der Waals surface area contributed by atoms with Gasteiger partial charge in [0.15, 0.2) is 0 Å². The van der Waals surface area contributed by atoms with Crippen molar-refractivity contribution in [3.63, 3.8) is 0 Å². The van der Waals surface area contributed by atoms with Crippen molar-refractivity contribution in [3.05, 3.63) is 23.7 Å². The second-order valence-electron chi connectivity index (χ2n) is 7.36. The molecule has 1 N–H and O–H groups in total. The van der Waals surface area contributed by atoms with Crippen LogP contribution >= 0.6 is 0 Å². The first-order valence-electron chi connectivity index (χ1n) is 8.61. The summed E-state index contributed by atoms with van der Waals surface area (Å²) in [7, 11) is 0. The summed E-state index contributed by atoms with van der Waals surface area (Å²) in [5.41, 5.74) is 0. The van der Waals surface area contributed by atoms with Crippen LogP contribution < -0.4 is 5.32 Å². The van der Waals surface area contributed by atoms with Crippen molar-refractivity contribution in [2.45, 2.75) is 65.1 Å². The molecule has 1 aliphatic carbocycles. The van der Waals surface area contributed by atoms with Gasteiger partial charge in [0.1, 0.15) is 11.5 Å². The van der Waals surface area contributed by atoms with Crippen LogP contribution in [0.3, 0.4) is 0 Å². The molecule has 1 aliphatic heterocycles. The summed E-state index contributed by atoms with van der Waals surface area (Å²) in [6, 6.07) is 5.84. The van der Waals surface area contributed by atoms with E-state index in [0.717, 1.165) is 23.4 Å². The number of rotatable bonds is 4. The Morgan fingerprint density at radius 2 is 1.81 bits per heavy atom. The number of nitrogens with zero attached hydrogens (tertiary/aromatic N) is 1. The highest BCUT2D eigenvalue weighted by atomic mass is 16.3. The van der Waals surface area contributed by atoms with Crippen LogP contribution in [-0.4, -0.2) is 30.1 Å². The van der Waals surface area contributed by atoms with Gasteiger partial charge in [-0.25, -0.2) is 0 Å². The summed E-state index contributed by atoms with van der Waals surface area (Å²) in [4.78, 5) is 2.67. The number of hydrogen-bond acceptors (Lipinski definition) is 3. The molecule has 3 rings (SSSR count). The van der Waals surface area contributed by atoms with Gasteiger partial charge in [-0.05, 0) is 64.5 Å². The Bertz CT molecular complexity index is 454. The SMILES string of the molecule is Cc1ccc(C(C)NC2C3CCCC2CN(C(C)C)C3)o1. The minimum Gasteiger partial charge on any atom is -0.465 e. The topological polar surface area (TPSA) is 28.4 Å². The fourth-order valence-corrected chi connectivity index (χ4v) is 4.22. The van der Waals surface area contributed by atoms with Crippen molar-refractivity contribution in [1.29, 1.82) is 0 Å². The molecule has 1 saturated carbocycles. The number of nitrogens with one attached hydrogen (secondary N) is 1. The standard InChI is InChI=1S/C18H30N2O/c1-12(2)20-10-15-6-5-7-16(11-20)18(15)19-14(4)17-9-8-13(3)21-17/h8-9,12,14-16,18-19H,5-7,10-11H2,1-4H3. The Morgan fingerprint density at radius 1 is 1.14 bits per heavy atom. The lowest BCUT2D eigenvalue weighted by Crippen LogP contribution is -2.58. The van der Waals surface area contributed by atoms with Gasteiger partial charge < -0.3 is 14.6 Å². The summed E-state index contributed by atoms with van der Waals surface area (Å²) < 4.78 is 5.80. The number of aryl methyl sites for hydroxylation is 1. The van der Waals surface area contributed by atoms with E-state index in [9.17, 15) is 0 Å². The van der Waals surface area contributed by atoms with Gasteiger partial charge in [-0.3, -0.25) is 0 Å². The van der Waals surface area contributed by atoms with Gasteiger partial charge in [-0.1, -0.05) is 6.42 Å². The zero-order chi connectivity index (χ0) is 15.0. The highest BCUT2D eigenvalue weighted by Gasteiger charge is 2.40. The first kappa shape index (κ1) is 15.1. The smallest absolute Gasteiger partial charge is 0.120 e. The maximum Gasteiger partial charge on any atom is 0.120 e. The predicted molar refractivity (Wildman–Crippen MR) is 86.3 cm³/mol. The van der Waals surface area contributed by atoms with Gasteiger partial charge in [0.2, 0.25) is 0 Å². The molecule has 2 heterocycles. The maximum atomic E-state index is 5.80. The lowest BCUT2D eigenvalue weighted by Gasteiger charge is -2.49. The molecule has 0 spiro atoms.